The van der Waals surface area contributed by atoms with E-state index in [4.69, 9.17) is 4.74 Å². The summed E-state index contributed by atoms with van der Waals surface area (Å²) >= 11 is 0. The number of nitrogens with zero attached hydrogens (tertiary/aromatic N) is 2. The molecule has 2 fully saturated rings. The molecule has 0 saturated carbocycles. The van der Waals surface area contributed by atoms with Crippen molar-refractivity contribution in [2.45, 2.75) is 63.5 Å². The number of aromatic nitrogens is 1. The smallest absolute Gasteiger partial charge is 0.243 e. The lowest BCUT2D eigenvalue weighted by Gasteiger charge is -2.40. The van der Waals surface area contributed by atoms with Crippen molar-refractivity contribution in [1.82, 2.24) is 20.5 Å². The van der Waals surface area contributed by atoms with Crippen molar-refractivity contribution in [3.63, 3.8) is 0 Å². The minimum Gasteiger partial charge on any atom is -0.381 e. The van der Waals surface area contributed by atoms with Crippen LogP contribution in [0.25, 0.3) is 0 Å². The average molecular weight is 588 g/mol. The topological polar surface area (TPSA) is 130 Å². The van der Waals surface area contributed by atoms with Gasteiger partial charge in [0.25, 0.3) is 0 Å². The first kappa shape index (κ1) is 30.4. The molecule has 3 aliphatic rings. The van der Waals surface area contributed by atoms with Crippen LogP contribution in [0.2, 0.25) is 0 Å². The zero-order chi connectivity index (χ0) is 30.1. The Balaban J connectivity index is 1.27. The molecule has 10 nitrogen and oxygen atoms in total. The number of pyridine rings is 1. The average Bonchev–Trinajstić information content (AvgIpc) is 3.03. The van der Waals surface area contributed by atoms with Crippen molar-refractivity contribution in [3.8, 4) is 0 Å². The van der Waals surface area contributed by atoms with E-state index in [2.05, 4.69) is 33.1 Å². The molecule has 3 atom stereocenters. The van der Waals surface area contributed by atoms with Crippen molar-refractivity contribution in [2.75, 3.05) is 31.6 Å². The molecule has 3 aliphatic heterocycles. The van der Waals surface area contributed by atoms with Gasteiger partial charge in [0.05, 0.1) is 5.41 Å². The number of amides is 4. The van der Waals surface area contributed by atoms with Gasteiger partial charge < -0.3 is 25.6 Å². The van der Waals surface area contributed by atoms with E-state index in [0.29, 0.717) is 70.6 Å². The third-order valence-corrected chi connectivity index (χ3v) is 8.86. The molecular weight excluding hydrogens is 546 g/mol. The molecule has 1 aromatic heterocycles. The van der Waals surface area contributed by atoms with Gasteiger partial charge in [0.15, 0.2) is 0 Å². The Morgan fingerprint density at radius 1 is 1.00 bits per heavy atom. The Hall–Kier alpha value is -4.05. The highest BCUT2D eigenvalue weighted by Crippen LogP contribution is 2.36. The van der Waals surface area contributed by atoms with Crippen LogP contribution in [0, 0.1) is 11.3 Å². The van der Waals surface area contributed by atoms with Gasteiger partial charge in [0, 0.05) is 63.7 Å². The Morgan fingerprint density at radius 2 is 1.79 bits per heavy atom. The lowest BCUT2D eigenvalue weighted by Crippen LogP contribution is -2.58. The van der Waals surface area contributed by atoms with Gasteiger partial charge in [-0.3, -0.25) is 19.2 Å². The number of carbonyl (C=O) groups excluding carboxylic acids is 4. The number of anilines is 1. The van der Waals surface area contributed by atoms with Gasteiger partial charge in [-0.1, -0.05) is 48.6 Å². The van der Waals surface area contributed by atoms with E-state index in [0.717, 1.165) is 5.56 Å². The number of rotatable bonds is 6. The van der Waals surface area contributed by atoms with Crippen LogP contribution in [0.15, 0.2) is 66.9 Å². The Bertz CT molecular complexity index is 1300. The van der Waals surface area contributed by atoms with Crippen molar-refractivity contribution >= 4 is 29.4 Å². The number of ether oxygens (including phenoxy) is 1. The summed E-state index contributed by atoms with van der Waals surface area (Å²) in [7, 11) is 0. The number of nitrogens with one attached hydrogen (secondary N) is 3. The molecule has 0 radical (unpaired) electrons. The SMILES string of the molecule is O=C(CCC(=O)N1CC[C@H]2NC(=O)[C@@H](Cc3ccccc3)NC(=O)C3(C/C=C/C[C@H]2C1)CCOCC3)Nc1ccccn1. The lowest BCUT2D eigenvalue weighted by atomic mass is 9.75. The minimum absolute atomic E-state index is 0.0124. The van der Waals surface area contributed by atoms with E-state index in [9.17, 15) is 19.2 Å². The van der Waals surface area contributed by atoms with Crippen LogP contribution in [0.1, 0.15) is 50.5 Å². The van der Waals surface area contributed by atoms with E-state index in [1.165, 1.54) is 0 Å². The summed E-state index contributed by atoms with van der Waals surface area (Å²) in [4.78, 5) is 58.9. The zero-order valence-corrected chi connectivity index (χ0v) is 24.5. The summed E-state index contributed by atoms with van der Waals surface area (Å²) < 4.78 is 5.58. The predicted molar refractivity (Wildman–Crippen MR) is 162 cm³/mol. The first-order valence-electron chi connectivity index (χ1n) is 15.3. The summed E-state index contributed by atoms with van der Waals surface area (Å²) in [6, 6.07) is 14.1. The summed E-state index contributed by atoms with van der Waals surface area (Å²) in [5, 5.41) is 9.07. The third-order valence-electron chi connectivity index (χ3n) is 8.86. The van der Waals surface area contributed by atoms with Gasteiger partial charge in [0.1, 0.15) is 11.9 Å². The first-order chi connectivity index (χ1) is 20.9. The monoisotopic (exact) mass is 587 g/mol. The van der Waals surface area contributed by atoms with Crippen LogP contribution in [0.5, 0.6) is 0 Å². The van der Waals surface area contributed by atoms with E-state index in [-0.39, 0.29) is 48.4 Å². The molecule has 3 N–H and O–H groups in total. The van der Waals surface area contributed by atoms with E-state index < -0.39 is 11.5 Å². The number of benzene rings is 1. The van der Waals surface area contributed by atoms with Crippen molar-refractivity contribution in [1.29, 1.82) is 0 Å². The molecule has 2 aromatic rings. The molecule has 0 unspecified atom stereocenters. The molecule has 0 bridgehead atoms. The second-order valence-electron chi connectivity index (χ2n) is 11.8. The second kappa shape index (κ2) is 14.4. The summed E-state index contributed by atoms with van der Waals surface area (Å²) in [6.07, 6.45) is 9.40. The van der Waals surface area contributed by atoms with Gasteiger partial charge in [-0.2, -0.15) is 0 Å². The molecule has 5 rings (SSSR count). The maximum absolute atomic E-state index is 13.8. The number of fused-ring (bicyclic) bond motifs is 1. The molecule has 43 heavy (non-hydrogen) atoms. The zero-order valence-electron chi connectivity index (χ0n) is 24.5. The Kier molecular flexibility index (Phi) is 10.2. The molecular formula is C33H41N5O5. The van der Waals surface area contributed by atoms with Crippen LogP contribution in [-0.4, -0.2) is 71.9 Å². The van der Waals surface area contributed by atoms with Gasteiger partial charge in [-0.05, 0) is 49.8 Å². The maximum Gasteiger partial charge on any atom is 0.243 e. The highest BCUT2D eigenvalue weighted by Gasteiger charge is 2.41. The normalized spacial score (nSPS) is 24.8. The van der Waals surface area contributed by atoms with Crippen LogP contribution >= 0.6 is 0 Å². The third kappa shape index (κ3) is 8.07. The summed E-state index contributed by atoms with van der Waals surface area (Å²) in [5.41, 5.74) is 0.354. The number of hydrogen-bond donors (Lipinski definition) is 3. The van der Waals surface area contributed by atoms with Crippen LogP contribution < -0.4 is 16.0 Å². The highest BCUT2D eigenvalue weighted by molar-refractivity contribution is 5.92. The van der Waals surface area contributed by atoms with Crippen LogP contribution in [0.3, 0.4) is 0 Å². The molecule has 0 aliphatic carbocycles. The molecule has 1 spiro atoms. The fourth-order valence-electron chi connectivity index (χ4n) is 6.23. The standard InChI is InChI=1S/C33H41N5O5/c39-29(37-28-11-5-7-18-34-28)12-13-30(40)38-19-14-26-25(23-38)10-4-6-15-33(16-20-43-21-17-33)32(42)36-27(31(41)35-26)22-24-8-2-1-3-9-24/h1-9,11,18,25-27H,10,12-17,19-23H2,(H,35,41)(H,36,42)(H,34,37,39)/b6-4+/t25-,26+,27+/m0/s1. The number of carbonyl (C=O) groups is 4. The van der Waals surface area contributed by atoms with E-state index >= 15 is 0 Å². The summed E-state index contributed by atoms with van der Waals surface area (Å²) in [5.74, 6) is -0.159. The van der Waals surface area contributed by atoms with Crippen LogP contribution in [0.4, 0.5) is 5.82 Å². The van der Waals surface area contributed by atoms with E-state index in [1.807, 2.05) is 35.2 Å². The highest BCUT2D eigenvalue weighted by atomic mass is 16.5. The van der Waals surface area contributed by atoms with Crippen molar-refractivity contribution in [2.24, 2.45) is 11.3 Å². The molecule has 10 heteroatoms. The Morgan fingerprint density at radius 3 is 2.56 bits per heavy atom. The fraction of sp³-hybridized carbons (Fsp3) is 0.485. The molecule has 228 valence electrons. The minimum atomic E-state index is -0.712. The van der Waals surface area contributed by atoms with Crippen LogP contribution in [-0.2, 0) is 30.3 Å². The lowest BCUT2D eigenvalue weighted by molar-refractivity contribution is -0.140. The van der Waals surface area contributed by atoms with Crippen molar-refractivity contribution in [3.05, 3.63) is 72.4 Å². The van der Waals surface area contributed by atoms with Gasteiger partial charge >= 0.3 is 0 Å². The molecule has 4 amide bonds. The maximum atomic E-state index is 13.8. The largest absolute Gasteiger partial charge is 0.381 e. The molecule has 1 aromatic carbocycles. The Labute approximate surface area is 252 Å². The molecule has 2 saturated heterocycles. The molecule has 4 heterocycles. The van der Waals surface area contributed by atoms with Crippen molar-refractivity contribution < 1.29 is 23.9 Å². The quantitative estimate of drug-likeness (QED) is 0.446. The predicted octanol–water partition coefficient (Wildman–Crippen LogP) is 3.01. The number of likely N-dealkylation sites (tertiary alicyclic amines) is 1. The van der Waals surface area contributed by atoms with Gasteiger partial charge in [0.2, 0.25) is 23.6 Å². The van der Waals surface area contributed by atoms with E-state index in [1.54, 1.807) is 24.4 Å². The fourth-order valence-corrected chi connectivity index (χ4v) is 6.23. The number of allylic oxidation sites excluding steroid dienone is 2. The van der Waals surface area contributed by atoms with Gasteiger partial charge in [-0.15, -0.1) is 0 Å². The second-order valence-corrected chi connectivity index (χ2v) is 11.8. The first-order valence-corrected chi connectivity index (χ1v) is 15.3. The number of piperidine rings is 1. The summed E-state index contributed by atoms with van der Waals surface area (Å²) in [6.45, 7) is 2.01. The number of hydrogen-bond acceptors (Lipinski definition) is 6. The van der Waals surface area contributed by atoms with Gasteiger partial charge in [-0.25, -0.2) is 4.98 Å².